The summed E-state index contributed by atoms with van der Waals surface area (Å²) in [6, 6.07) is 0. The molecule has 0 aliphatic heterocycles. The zero-order valence-corrected chi connectivity index (χ0v) is 20.1. The summed E-state index contributed by atoms with van der Waals surface area (Å²) in [4.78, 5) is 9.24. The summed E-state index contributed by atoms with van der Waals surface area (Å²) in [6.07, 6.45) is -7.54. The minimum absolute atomic E-state index is 0.0178. The lowest BCUT2D eigenvalue weighted by Gasteiger charge is -2.42. The first-order valence-corrected chi connectivity index (χ1v) is 11.4. The lowest BCUT2D eigenvalue weighted by Crippen LogP contribution is -2.75. The summed E-state index contributed by atoms with van der Waals surface area (Å²) >= 11 is 0. The molecule has 0 spiro atoms. The lowest BCUT2D eigenvalue weighted by atomic mass is 9.91. The van der Waals surface area contributed by atoms with Gasteiger partial charge in [0.25, 0.3) is 10.0 Å². The molecule has 242 valence electrons. The third kappa shape index (κ3) is 6.95. The fraction of sp³-hybridized carbons (Fsp3) is 0.938. The Labute approximate surface area is 213 Å². The van der Waals surface area contributed by atoms with E-state index in [1.54, 1.807) is 6.92 Å². The molecule has 0 aliphatic rings. The van der Waals surface area contributed by atoms with Crippen molar-refractivity contribution in [1.82, 2.24) is 4.72 Å². The maximum Gasteiger partial charge on any atom is 0.460 e. The number of sulfonamides is 1. The summed E-state index contributed by atoms with van der Waals surface area (Å²) < 4.78 is 246. The molecule has 0 aromatic heterocycles. The number of hydrogen-bond acceptors (Lipinski definition) is 4. The van der Waals surface area contributed by atoms with Crippen LogP contribution in [0.3, 0.4) is 0 Å². The largest absolute Gasteiger partial charge is 0.480 e. The van der Waals surface area contributed by atoms with Gasteiger partial charge in [0, 0.05) is 6.54 Å². The van der Waals surface area contributed by atoms with Gasteiger partial charge in [0.1, 0.15) is 0 Å². The molecule has 6 nitrogen and oxygen atoms in total. The van der Waals surface area contributed by atoms with E-state index in [1.165, 1.54) is 0 Å². The van der Waals surface area contributed by atoms with Crippen molar-refractivity contribution in [2.45, 2.75) is 79.6 Å². The Morgan fingerprint density at radius 2 is 0.975 bits per heavy atom. The van der Waals surface area contributed by atoms with Crippen molar-refractivity contribution in [2.75, 3.05) is 13.1 Å². The molecule has 0 saturated heterocycles. The van der Waals surface area contributed by atoms with Gasteiger partial charge in [-0.05, 0) is 6.42 Å². The molecule has 0 fully saturated rings. The molecular weight excluding hydrogens is 639 g/mol. The van der Waals surface area contributed by atoms with Crippen molar-refractivity contribution < 1.29 is 93.0 Å². The van der Waals surface area contributed by atoms with Crippen LogP contribution in [0.2, 0.25) is 0 Å². The summed E-state index contributed by atoms with van der Waals surface area (Å²) in [5.41, 5.74) is 4.57. The Hall–Kier alpha value is -1.85. The Morgan fingerprint density at radius 1 is 0.650 bits per heavy atom. The standard InChI is InChI=1S/C14H14F17NO2S.C2H5NO2/c1-2-3-4-5-6-32-35(33,34)14(30,31)12(25,26)10(21,22)8(17,18)7(15,16)9(19,20)11(23,24)13(27,28)29;3-1-2(4)5/h32H,2-6H2,1H3;1,3H2,(H,4,5). The second-order valence-electron chi connectivity index (χ2n) is 7.52. The number of aliphatic carboxylic acids is 1. The van der Waals surface area contributed by atoms with E-state index in [-0.39, 0.29) is 13.0 Å². The Bertz CT molecular complexity index is 952. The van der Waals surface area contributed by atoms with Crippen molar-refractivity contribution in [3.05, 3.63) is 0 Å². The quantitative estimate of drug-likeness (QED) is 0.169. The highest BCUT2D eigenvalue weighted by Gasteiger charge is 2.96. The van der Waals surface area contributed by atoms with Gasteiger partial charge in [-0.25, -0.2) is 13.1 Å². The normalized spacial score (nSPS) is 15.0. The number of carboxylic acid groups (broad SMARTS) is 1. The van der Waals surface area contributed by atoms with Crippen LogP contribution in [0, 0.1) is 0 Å². The SMILES string of the molecule is CCCCCCNS(=O)(=O)C(F)(F)C(F)(F)C(F)(F)C(F)(F)C(F)(F)C(F)(F)C(F)(F)C(F)(F)F.NCC(=O)O. The molecule has 0 heterocycles. The predicted octanol–water partition coefficient (Wildman–Crippen LogP) is 5.48. The number of hydrogen-bond donors (Lipinski definition) is 3. The van der Waals surface area contributed by atoms with Crippen molar-refractivity contribution in [3.63, 3.8) is 0 Å². The number of rotatable bonds is 14. The smallest absolute Gasteiger partial charge is 0.460 e. The molecule has 0 unspecified atom stereocenters. The fourth-order valence-corrected chi connectivity index (χ4v) is 3.23. The highest BCUT2D eigenvalue weighted by Crippen LogP contribution is 2.64. The van der Waals surface area contributed by atoms with Crippen LogP contribution in [-0.4, -0.2) is 79.5 Å². The van der Waals surface area contributed by atoms with E-state index in [4.69, 9.17) is 5.11 Å². The third-order valence-corrected chi connectivity index (χ3v) is 6.04. The van der Waals surface area contributed by atoms with E-state index in [0.29, 0.717) is 17.6 Å². The first-order chi connectivity index (χ1) is 17.3. The first kappa shape index (κ1) is 40.3. The van der Waals surface area contributed by atoms with E-state index in [0.717, 1.165) is 0 Å². The van der Waals surface area contributed by atoms with Gasteiger partial charge in [0.2, 0.25) is 0 Å². The average Bonchev–Trinajstić information content (AvgIpc) is 2.77. The number of halogens is 17. The van der Waals surface area contributed by atoms with Gasteiger partial charge >= 0.3 is 52.9 Å². The lowest BCUT2D eigenvalue weighted by molar-refractivity contribution is -0.458. The Balaban J connectivity index is 0. The summed E-state index contributed by atoms with van der Waals surface area (Å²) in [5.74, 6) is -52.4. The molecule has 0 aromatic rings. The zero-order chi connectivity index (χ0) is 33.0. The monoisotopic (exact) mass is 658 g/mol. The second-order valence-corrected chi connectivity index (χ2v) is 9.33. The maximum atomic E-state index is 13.7. The molecule has 0 rings (SSSR count). The maximum absolute atomic E-state index is 13.7. The topological polar surface area (TPSA) is 109 Å². The van der Waals surface area contributed by atoms with Crippen molar-refractivity contribution in [3.8, 4) is 0 Å². The molecule has 0 saturated carbocycles. The van der Waals surface area contributed by atoms with Crippen LogP contribution in [-0.2, 0) is 14.8 Å². The van der Waals surface area contributed by atoms with Gasteiger partial charge in [-0.1, -0.05) is 26.2 Å². The molecule has 0 atom stereocenters. The van der Waals surface area contributed by atoms with E-state index in [9.17, 15) is 87.8 Å². The van der Waals surface area contributed by atoms with Gasteiger partial charge in [-0.2, -0.15) is 74.6 Å². The Morgan fingerprint density at radius 3 is 1.27 bits per heavy atom. The van der Waals surface area contributed by atoms with E-state index >= 15 is 0 Å². The second kappa shape index (κ2) is 12.6. The van der Waals surface area contributed by atoms with E-state index in [1.807, 2.05) is 0 Å². The number of unbranched alkanes of at least 4 members (excludes halogenated alkanes) is 3. The molecule has 24 heteroatoms. The number of nitrogens with one attached hydrogen (secondary N) is 1. The van der Waals surface area contributed by atoms with Crippen LogP contribution in [0.4, 0.5) is 74.6 Å². The Kier molecular flexibility index (Phi) is 12.7. The first-order valence-electron chi connectivity index (χ1n) is 9.95. The van der Waals surface area contributed by atoms with Crippen LogP contribution < -0.4 is 10.5 Å². The van der Waals surface area contributed by atoms with Gasteiger partial charge < -0.3 is 10.8 Å². The average molecular weight is 658 g/mol. The highest BCUT2D eigenvalue weighted by atomic mass is 32.2. The molecule has 40 heavy (non-hydrogen) atoms. The van der Waals surface area contributed by atoms with Crippen molar-refractivity contribution >= 4 is 16.0 Å². The molecule has 0 aromatic carbocycles. The molecule has 0 bridgehead atoms. The van der Waals surface area contributed by atoms with Gasteiger partial charge in [-0.15, -0.1) is 0 Å². The third-order valence-electron chi connectivity index (χ3n) is 4.53. The molecule has 0 amide bonds. The van der Waals surface area contributed by atoms with Gasteiger partial charge in [0.15, 0.2) is 0 Å². The summed E-state index contributed by atoms with van der Waals surface area (Å²) in [7, 11) is -7.19. The molecule has 0 aliphatic carbocycles. The number of nitrogens with two attached hydrogens (primary N) is 1. The highest BCUT2D eigenvalue weighted by molar-refractivity contribution is 7.90. The van der Waals surface area contributed by atoms with E-state index in [2.05, 4.69) is 5.73 Å². The van der Waals surface area contributed by atoms with Gasteiger partial charge in [0.05, 0.1) is 6.54 Å². The molecule has 0 radical (unpaired) electrons. The number of alkyl halides is 17. The predicted molar refractivity (Wildman–Crippen MR) is 98.4 cm³/mol. The van der Waals surface area contributed by atoms with Crippen LogP contribution in [0.15, 0.2) is 0 Å². The fourth-order valence-electron chi connectivity index (χ4n) is 2.17. The van der Waals surface area contributed by atoms with Crippen LogP contribution in [0.1, 0.15) is 32.6 Å². The molecule has 4 N–H and O–H groups in total. The van der Waals surface area contributed by atoms with E-state index < -0.39 is 75.9 Å². The zero-order valence-electron chi connectivity index (χ0n) is 19.3. The minimum Gasteiger partial charge on any atom is -0.480 e. The van der Waals surface area contributed by atoms with Crippen molar-refractivity contribution in [2.24, 2.45) is 5.73 Å². The van der Waals surface area contributed by atoms with Crippen LogP contribution in [0.5, 0.6) is 0 Å². The van der Waals surface area contributed by atoms with Crippen molar-refractivity contribution in [1.29, 1.82) is 0 Å². The van der Waals surface area contributed by atoms with Crippen LogP contribution >= 0.6 is 0 Å². The van der Waals surface area contributed by atoms with Crippen LogP contribution in [0.25, 0.3) is 0 Å². The van der Waals surface area contributed by atoms with Gasteiger partial charge in [-0.3, -0.25) is 4.79 Å². The number of carbonyl (C=O) groups is 1. The number of carboxylic acids is 1. The minimum atomic E-state index is -8.82. The summed E-state index contributed by atoms with van der Waals surface area (Å²) in [6.45, 7) is 0.0764. The molecular formula is C16H19F17N2O4S. The summed E-state index contributed by atoms with van der Waals surface area (Å²) in [5, 5.41) is 0.0929.